The van der Waals surface area contributed by atoms with Crippen LogP contribution in [-0.2, 0) is 20.1 Å². The van der Waals surface area contributed by atoms with Crippen LogP contribution < -0.4 is 0 Å². The number of nitrogens with zero attached hydrogens (tertiary/aromatic N) is 2. The van der Waals surface area contributed by atoms with Gasteiger partial charge in [-0.05, 0) is 48.3 Å². The summed E-state index contributed by atoms with van der Waals surface area (Å²) in [6, 6.07) is 27.1. The zero-order chi connectivity index (χ0) is 28.0. The van der Waals surface area contributed by atoms with Crippen LogP contribution in [0.15, 0.2) is 102 Å². The van der Waals surface area contributed by atoms with Crippen molar-refractivity contribution in [2.45, 2.75) is 13.8 Å². The number of hydrogen-bond donors (Lipinski definition) is 0. The van der Waals surface area contributed by atoms with Crippen molar-refractivity contribution in [3.05, 3.63) is 120 Å². The Balaban J connectivity index is 0.000000204. The van der Waals surface area contributed by atoms with Gasteiger partial charge >= 0.3 is 0 Å². The number of benzene rings is 3. The quantitative estimate of drug-likeness (QED) is 0.172. The van der Waals surface area contributed by atoms with Gasteiger partial charge in [-0.15, -0.1) is 65.4 Å². The molecule has 3 nitrogen and oxygen atoms in total. The third kappa shape index (κ3) is 4.99. The van der Waals surface area contributed by atoms with Gasteiger partial charge in [-0.3, -0.25) is 0 Å². The molecule has 0 aliphatic rings. The minimum Gasteiger partial charge on any atom is -0.499 e. The van der Waals surface area contributed by atoms with Crippen LogP contribution in [0.3, 0.4) is 0 Å². The second-order valence-electron chi connectivity index (χ2n) is 8.36. The minimum atomic E-state index is -0.351. The van der Waals surface area contributed by atoms with Crippen LogP contribution in [0.1, 0.15) is 15.9 Å². The van der Waals surface area contributed by atoms with Gasteiger partial charge < -0.3 is 14.4 Å². The minimum absolute atomic E-state index is 0. The molecule has 1 radical (unpaired) electrons. The Morgan fingerprint density at radius 3 is 2.57 bits per heavy atom. The van der Waals surface area contributed by atoms with Crippen molar-refractivity contribution < 1.29 is 30.0 Å². The van der Waals surface area contributed by atoms with Gasteiger partial charge in [0, 0.05) is 42.7 Å². The third-order valence-electron chi connectivity index (χ3n) is 5.81. The van der Waals surface area contributed by atoms with Gasteiger partial charge in [0.05, 0.1) is 15.8 Å². The molecule has 0 amide bonds. The van der Waals surface area contributed by atoms with Gasteiger partial charge in [0.25, 0.3) is 0 Å². The monoisotopic (exact) mass is 679 g/mol. The van der Waals surface area contributed by atoms with Gasteiger partial charge in [0.1, 0.15) is 5.58 Å². The van der Waals surface area contributed by atoms with E-state index in [1.165, 1.54) is 10.4 Å². The molecule has 7 rings (SSSR count). The maximum Gasteiger partial charge on any atom is 0.138 e. The number of furan rings is 1. The van der Waals surface area contributed by atoms with Gasteiger partial charge in [0.2, 0.25) is 0 Å². The fraction of sp³-hybridized carbons (Fsp3) is 0.0625. The van der Waals surface area contributed by atoms with E-state index in [0.29, 0.717) is 11.1 Å². The Kier molecular flexibility index (Phi) is 5.95. The normalized spacial score (nSPS) is 12.3. The predicted molar refractivity (Wildman–Crippen MR) is 149 cm³/mol. The summed E-state index contributed by atoms with van der Waals surface area (Å²) in [5.74, 6) is 0. The molecular formula is C32H22IrN2OS-2. The predicted octanol–water partition coefficient (Wildman–Crippen LogP) is 8.83. The molecule has 0 aliphatic carbocycles. The molecule has 0 bridgehead atoms. The van der Waals surface area contributed by atoms with Gasteiger partial charge in [-0.1, -0.05) is 47.3 Å². The number of thiophene rings is 1. The zero-order valence-corrected chi connectivity index (χ0v) is 23.2. The molecule has 0 N–H and O–H groups in total. The van der Waals surface area contributed by atoms with Crippen molar-refractivity contribution in [3.8, 4) is 22.5 Å². The van der Waals surface area contributed by atoms with Crippen LogP contribution >= 0.6 is 11.3 Å². The Labute approximate surface area is 238 Å². The molecule has 4 aromatic heterocycles. The summed E-state index contributed by atoms with van der Waals surface area (Å²) in [6.07, 6.45) is 1.54. The molecule has 183 valence electrons. The maximum absolute atomic E-state index is 8.20. The summed E-state index contributed by atoms with van der Waals surface area (Å²) in [5, 5.41) is 2.96. The number of pyridine rings is 2. The summed E-state index contributed by atoms with van der Waals surface area (Å²) >= 11 is 1.67. The molecule has 0 unspecified atom stereocenters. The standard InChI is InChI=1S/C20H12NOS.C12H10N.Ir/c1-12-11-13-8-9-15-14-5-4-6-16(17-7-2-3-10-21-17)18(14)22-19(15)20(13)23-12;1-10-7-8-12(13-9-10)11-5-3-2-4-6-11;/h2-5,7-11H,1H3;2-5,7-9H,1H3;/q2*-1;/i2D,3D,7D,10D;;. The second kappa shape index (κ2) is 10.8. The molecule has 0 fully saturated rings. The van der Waals surface area contributed by atoms with E-state index >= 15 is 0 Å². The van der Waals surface area contributed by atoms with E-state index in [1.54, 1.807) is 17.4 Å². The summed E-state index contributed by atoms with van der Waals surface area (Å²) in [6.45, 7) is 4.09. The first kappa shape index (κ1) is 20.4. The first-order chi connectivity index (χ1) is 19.3. The van der Waals surface area contributed by atoms with E-state index in [-0.39, 0.29) is 50.1 Å². The first-order valence-corrected chi connectivity index (χ1v) is 12.2. The topological polar surface area (TPSA) is 38.9 Å². The smallest absolute Gasteiger partial charge is 0.138 e. The van der Waals surface area contributed by atoms with E-state index in [0.717, 1.165) is 37.7 Å². The van der Waals surface area contributed by atoms with Gasteiger partial charge in [-0.2, -0.15) is 0 Å². The van der Waals surface area contributed by atoms with Crippen molar-refractivity contribution in [1.29, 1.82) is 0 Å². The van der Waals surface area contributed by atoms with Crippen molar-refractivity contribution in [1.82, 2.24) is 9.97 Å². The van der Waals surface area contributed by atoms with E-state index in [1.807, 2.05) is 55.6 Å². The zero-order valence-electron chi connectivity index (χ0n) is 24.0. The molecule has 7 aromatic rings. The number of fused-ring (bicyclic) bond motifs is 5. The Morgan fingerprint density at radius 2 is 1.76 bits per heavy atom. The maximum atomic E-state index is 8.20. The van der Waals surface area contributed by atoms with Crippen LogP contribution in [0.25, 0.3) is 54.5 Å². The van der Waals surface area contributed by atoms with Crippen molar-refractivity contribution >= 4 is 43.4 Å². The average molecular weight is 679 g/mol. The van der Waals surface area contributed by atoms with Crippen LogP contribution in [0.2, 0.25) is 0 Å². The SMILES string of the molecule is Cc1ccc(-c2[c-]cccc2)nc1.[2H]c1nc(-c2[c-]ccc3c2oc2c3ccc3cc(C)sc32)c([2H])c([2H])c1[2H].[Ir]. The van der Waals surface area contributed by atoms with Crippen LogP contribution in [-0.4, -0.2) is 9.97 Å². The van der Waals surface area contributed by atoms with Crippen molar-refractivity contribution in [2.24, 2.45) is 0 Å². The fourth-order valence-corrected chi connectivity index (χ4v) is 5.13. The fourth-order valence-electron chi connectivity index (χ4n) is 4.13. The molecule has 0 saturated heterocycles. The molecular weight excluding hydrogens is 653 g/mol. The molecule has 0 spiro atoms. The molecule has 5 heteroatoms. The average Bonchev–Trinajstić information content (AvgIpc) is 3.55. The third-order valence-corrected chi connectivity index (χ3v) is 6.87. The summed E-state index contributed by atoms with van der Waals surface area (Å²) in [5.41, 5.74) is 5.10. The summed E-state index contributed by atoms with van der Waals surface area (Å²) < 4.78 is 38.9. The molecule has 0 atom stereocenters. The number of aryl methyl sites for hydroxylation is 2. The van der Waals surface area contributed by atoms with E-state index < -0.39 is 0 Å². The summed E-state index contributed by atoms with van der Waals surface area (Å²) in [4.78, 5) is 9.59. The number of aromatic nitrogens is 2. The van der Waals surface area contributed by atoms with Crippen LogP contribution in [0.5, 0.6) is 0 Å². The van der Waals surface area contributed by atoms with Gasteiger partial charge in [-0.25, -0.2) is 0 Å². The number of hydrogen-bond acceptors (Lipinski definition) is 4. The Morgan fingerprint density at radius 1 is 0.865 bits per heavy atom. The Hall–Kier alpha value is -3.63. The van der Waals surface area contributed by atoms with Crippen LogP contribution in [0, 0.1) is 26.0 Å². The van der Waals surface area contributed by atoms with Crippen molar-refractivity contribution in [2.75, 3.05) is 0 Å². The van der Waals surface area contributed by atoms with Gasteiger partial charge in [0.15, 0.2) is 0 Å². The Bertz CT molecular complexity index is 2020. The molecule has 0 saturated carbocycles. The molecule has 4 heterocycles. The molecule has 0 aliphatic heterocycles. The molecule has 3 aromatic carbocycles. The van der Waals surface area contributed by atoms with Crippen molar-refractivity contribution in [3.63, 3.8) is 0 Å². The molecule has 37 heavy (non-hydrogen) atoms. The largest absolute Gasteiger partial charge is 0.499 e. The van der Waals surface area contributed by atoms with E-state index in [9.17, 15) is 0 Å². The first-order valence-electron chi connectivity index (χ1n) is 13.4. The second-order valence-corrected chi connectivity index (χ2v) is 9.62. The number of rotatable bonds is 2. The van der Waals surface area contributed by atoms with Crippen LogP contribution in [0.4, 0.5) is 0 Å². The van der Waals surface area contributed by atoms with E-state index in [2.05, 4.69) is 47.2 Å². The summed E-state index contributed by atoms with van der Waals surface area (Å²) in [7, 11) is 0. The van der Waals surface area contributed by atoms with E-state index in [4.69, 9.17) is 9.90 Å².